The summed E-state index contributed by atoms with van der Waals surface area (Å²) in [6.45, 7) is 7.90. The van der Waals surface area contributed by atoms with Crippen LogP contribution in [-0.2, 0) is 11.2 Å². The second kappa shape index (κ2) is 10.6. The maximum Gasteiger partial charge on any atom is 0.170 e. The second-order valence-corrected chi connectivity index (χ2v) is 5.86. The molecule has 0 radical (unpaired) electrons. The lowest BCUT2D eigenvalue weighted by atomic mass is 10.1. The summed E-state index contributed by atoms with van der Waals surface area (Å²) >= 11 is 5.28. The molecule has 0 atom stereocenters. The van der Waals surface area contributed by atoms with Gasteiger partial charge in [0.1, 0.15) is 0 Å². The lowest BCUT2D eigenvalue weighted by Crippen LogP contribution is -2.29. The highest BCUT2D eigenvalue weighted by molar-refractivity contribution is 7.80. The molecule has 1 aromatic rings. The first-order chi connectivity index (χ1) is 10.1. The van der Waals surface area contributed by atoms with E-state index in [9.17, 15) is 0 Å². The molecule has 118 valence electrons. The van der Waals surface area contributed by atoms with Crippen molar-refractivity contribution in [3.05, 3.63) is 29.8 Å². The maximum absolute atomic E-state index is 5.48. The van der Waals surface area contributed by atoms with Gasteiger partial charge in [0.05, 0.1) is 6.10 Å². The first-order valence-electron chi connectivity index (χ1n) is 7.87. The molecule has 4 heteroatoms. The zero-order valence-electron chi connectivity index (χ0n) is 13.4. The standard InChI is InChI=1S/C17H28N2OS/c1-4-5-7-15-8-10-16(11-9-15)19-17(21)18-12-6-13-20-14(2)3/h8-11,14H,4-7,12-13H2,1-3H3,(H2,18,19,21). The van der Waals surface area contributed by atoms with E-state index in [1.165, 1.54) is 18.4 Å². The quantitative estimate of drug-likeness (QED) is 0.531. The molecule has 0 saturated heterocycles. The molecule has 0 aliphatic heterocycles. The molecule has 3 nitrogen and oxygen atoms in total. The van der Waals surface area contributed by atoms with E-state index in [-0.39, 0.29) is 0 Å². The third kappa shape index (κ3) is 8.68. The van der Waals surface area contributed by atoms with Crippen molar-refractivity contribution >= 4 is 23.0 Å². The average molecular weight is 308 g/mol. The van der Waals surface area contributed by atoms with Crippen molar-refractivity contribution in [1.82, 2.24) is 5.32 Å². The molecule has 0 aromatic heterocycles. The number of aryl methyl sites for hydroxylation is 1. The van der Waals surface area contributed by atoms with E-state index in [0.29, 0.717) is 11.2 Å². The van der Waals surface area contributed by atoms with Crippen LogP contribution in [0.3, 0.4) is 0 Å². The van der Waals surface area contributed by atoms with Crippen LogP contribution in [0, 0.1) is 0 Å². The Morgan fingerprint density at radius 3 is 2.52 bits per heavy atom. The van der Waals surface area contributed by atoms with Gasteiger partial charge in [0.2, 0.25) is 0 Å². The summed E-state index contributed by atoms with van der Waals surface area (Å²) in [7, 11) is 0. The summed E-state index contributed by atoms with van der Waals surface area (Å²) in [5.41, 5.74) is 2.42. The smallest absolute Gasteiger partial charge is 0.170 e. The average Bonchev–Trinajstić information content (AvgIpc) is 2.46. The highest BCUT2D eigenvalue weighted by Gasteiger charge is 1.99. The summed E-state index contributed by atoms with van der Waals surface area (Å²) in [4.78, 5) is 0. The van der Waals surface area contributed by atoms with Crippen LogP contribution in [0.15, 0.2) is 24.3 Å². The van der Waals surface area contributed by atoms with Gasteiger partial charge < -0.3 is 15.4 Å². The molecule has 0 aliphatic carbocycles. The number of rotatable bonds is 9. The molecule has 21 heavy (non-hydrogen) atoms. The third-order valence-corrected chi connectivity index (χ3v) is 3.34. The van der Waals surface area contributed by atoms with E-state index in [1.807, 2.05) is 13.8 Å². The summed E-state index contributed by atoms with van der Waals surface area (Å²) in [5, 5.41) is 7.07. The molecule has 0 bridgehead atoms. The van der Waals surface area contributed by atoms with Crippen LogP contribution >= 0.6 is 12.2 Å². The van der Waals surface area contributed by atoms with Crippen LogP contribution in [0.1, 0.15) is 45.6 Å². The minimum Gasteiger partial charge on any atom is -0.379 e. The van der Waals surface area contributed by atoms with Crippen LogP contribution in [-0.4, -0.2) is 24.4 Å². The summed E-state index contributed by atoms with van der Waals surface area (Å²) in [6, 6.07) is 8.50. The van der Waals surface area contributed by atoms with Crippen molar-refractivity contribution in [3.63, 3.8) is 0 Å². The van der Waals surface area contributed by atoms with Crippen molar-refractivity contribution in [2.24, 2.45) is 0 Å². The fourth-order valence-electron chi connectivity index (χ4n) is 1.90. The molecular weight excluding hydrogens is 280 g/mol. The molecule has 0 amide bonds. The first kappa shape index (κ1) is 17.9. The monoisotopic (exact) mass is 308 g/mol. The van der Waals surface area contributed by atoms with Crippen molar-refractivity contribution in [1.29, 1.82) is 0 Å². The van der Waals surface area contributed by atoms with E-state index in [0.717, 1.165) is 31.7 Å². The number of hydrogen-bond acceptors (Lipinski definition) is 2. The van der Waals surface area contributed by atoms with Gasteiger partial charge in [-0.3, -0.25) is 0 Å². The Labute approximate surface area is 134 Å². The zero-order chi connectivity index (χ0) is 15.5. The molecule has 1 rings (SSSR count). The summed E-state index contributed by atoms with van der Waals surface area (Å²) in [6.07, 6.45) is 4.87. The van der Waals surface area contributed by atoms with Gasteiger partial charge in [-0.25, -0.2) is 0 Å². The molecule has 0 fully saturated rings. The van der Waals surface area contributed by atoms with Crippen LogP contribution in [0.5, 0.6) is 0 Å². The van der Waals surface area contributed by atoms with Crippen LogP contribution in [0.2, 0.25) is 0 Å². The molecular formula is C17H28N2OS. The van der Waals surface area contributed by atoms with Gasteiger partial charge in [-0.05, 0) is 63.0 Å². The fourth-order valence-corrected chi connectivity index (χ4v) is 2.12. The Bertz CT molecular complexity index is 404. The Hall–Kier alpha value is -1.13. The molecule has 0 saturated carbocycles. The van der Waals surface area contributed by atoms with Crippen molar-refractivity contribution < 1.29 is 4.74 Å². The number of thiocarbonyl (C=S) groups is 1. The lowest BCUT2D eigenvalue weighted by molar-refractivity contribution is 0.0777. The largest absolute Gasteiger partial charge is 0.379 e. The Kier molecular flexibility index (Phi) is 9.02. The summed E-state index contributed by atoms with van der Waals surface area (Å²) < 4.78 is 5.48. The van der Waals surface area contributed by atoms with E-state index in [4.69, 9.17) is 17.0 Å². The van der Waals surface area contributed by atoms with E-state index in [2.05, 4.69) is 41.8 Å². The molecule has 0 spiro atoms. The number of ether oxygens (including phenoxy) is 1. The van der Waals surface area contributed by atoms with Gasteiger partial charge >= 0.3 is 0 Å². The fraction of sp³-hybridized carbons (Fsp3) is 0.588. The predicted octanol–water partition coefficient (Wildman–Crippen LogP) is 4.13. The maximum atomic E-state index is 5.48. The summed E-state index contributed by atoms with van der Waals surface area (Å²) in [5.74, 6) is 0. The molecule has 0 unspecified atom stereocenters. The minimum atomic E-state index is 0.293. The predicted molar refractivity (Wildman–Crippen MR) is 95.0 cm³/mol. The zero-order valence-corrected chi connectivity index (χ0v) is 14.3. The highest BCUT2D eigenvalue weighted by Crippen LogP contribution is 2.11. The van der Waals surface area contributed by atoms with Crippen molar-refractivity contribution in [3.8, 4) is 0 Å². The number of nitrogens with one attached hydrogen (secondary N) is 2. The Morgan fingerprint density at radius 1 is 1.19 bits per heavy atom. The molecule has 1 aromatic carbocycles. The van der Waals surface area contributed by atoms with Crippen molar-refractivity contribution in [2.75, 3.05) is 18.5 Å². The van der Waals surface area contributed by atoms with Gasteiger partial charge in [0.15, 0.2) is 5.11 Å². The van der Waals surface area contributed by atoms with Gasteiger partial charge in [0, 0.05) is 18.8 Å². The van der Waals surface area contributed by atoms with E-state index in [1.54, 1.807) is 0 Å². The van der Waals surface area contributed by atoms with Gasteiger partial charge in [-0.15, -0.1) is 0 Å². The Balaban J connectivity index is 2.21. The highest BCUT2D eigenvalue weighted by atomic mass is 32.1. The minimum absolute atomic E-state index is 0.293. The third-order valence-electron chi connectivity index (χ3n) is 3.09. The van der Waals surface area contributed by atoms with Crippen LogP contribution < -0.4 is 10.6 Å². The number of hydrogen-bond donors (Lipinski definition) is 2. The molecule has 2 N–H and O–H groups in total. The van der Waals surface area contributed by atoms with Gasteiger partial charge in [-0.1, -0.05) is 25.5 Å². The number of anilines is 1. The first-order valence-corrected chi connectivity index (χ1v) is 8.28. The van der Waals surface area contributed by atoms with E-state index >= 15 is 0 Å². The molecule has 0 heterocycles. The van der Waals surface area contributed by atoms with Crippen LogP contribution in [0.25, 0.3) is 0 Å². The molecule has 0 aliphatic rings. The number of benzene rings is 1. The van der Waals surface area contributed by atoms with Crippen LogP contribution in [0.4, 0.5) is 5.69 Å². The second-order valence-electron chi connectivity index (χ2n) is 5.45. The van der Waals surface area contributed by atoms with Gasteiger partial charge in [-0.2, -0.15) is 0 Å². The van der Waals surface area contributed by atoms with Gasteiger partial charge in [0.25, 0.3) is 0 Å². The SMILES string of the molecule is CCCCc1ccc(NC(=S)NCCCOC(C)C)cc1. The normalized spacial score (nSPS) is 10.7. The Morgan fingerprint density at radius 2 is 1.90 bits per heavy atom. The van der Waals surface area contributed by atoms with Crippen molar-refractivity contribution in [2.45, 2.75) is 52.6 Å². The topological polar surface area (TPSA) is 33.3 Å². The lowest BCUT2D eigenvalue weighted by Gasteiger charge is -2.12. The number of unbranched alkanes of at least 4 members (excludes halogenated alkanes) is 1. The van der Waals surface area contributed by atoms with E-state index < -0.39 is 0 Å².